The molecule has 6 heteroatoms. The molecule has 0 fully saturated rings. The minimum atomic E-state index is -0.617. The van der Waals surface area contributed by atoms with Crippen LogP contribution >= 0.6 is 0 Å². The Morgan fingerprint density at radius 2 is 2.05 bits per heavy atom. The maximum Gasteiger partial charge on any atom is 0.258 e. The van der Waals surface area contributed by atoms with Gasteiger partial charge in [0.15, 0.2) is 0 Å². The summed E-state index contributed by atoms with van der Waals surface area (Å²) in [5, 5.41) is 12.3. The molecule has 0 aliphatic heterocycles. The standard InChI is InChI=1S/C14H19FN2O3/c1-4-17(8-13(19)16-9(2)3)14(20)11-7-10(15)5-6-12(11)18/h5-7,9,18H,4,8H2,1-3H3,(H,16,19). The van der Waals surface area contributed by atoms with Crippen LogP contribution in [0.3, 0.4) is 0 Å². The summed E-state index contributed by atoms with van der Waals surface area (Å²) in [6, 6.07) is 3.11. The molecule has 2 N–H and O–H groups in total. The maximum atomic E-state index is 13.1. The van der Waals surface area contributed by atoms with E-state index in [-0.39, 0.29) is 36.4 Å². The number of hydrogen-bond acceptors (Lipinski definition) is 3. The number of nitrogens with one attached hydrogen (secondary N) is 1. The summed E-state index contributed by atoms with van der Waals surface area (Å²) in [6.07, 6.45) is 0. The summed E-state index contributed by atoms with van der Waals surface area (Å²) in [4.78, 5) is 25.1. The van der Waals surface area contributed by atoms with Gasteiger partial charge >= 0.3 is 0 Å². The van der Waals surface area contributed by atoms with Gasteiger partial charge < -0.3 is 15.3 Å². The van der Waals surface area contributed by atoms with Crippen molar-refractivity contribution in [3.8, 4) is 5.75 Å². The molecule has 0 aliphatic carbocycles. The summed E-state index contributed by atoms with van der Waals surface area (Å²) in [6.45, 7) is 5.48. The average molecular weight is 282 g/mol. The second-order valence-electron chi connectivity index (χ2n) is 4.70. The van der Waals surface area contributed by atoms with Crippen LogP contribution in [0, 0.1) is 5.82 Å². The molecular weight excluding hydrogens is 263 g/mol. The van der Waals surface area contributed by atoms with Crippen molar-refractivity contribution in [2.75, 3.05) is 13.1 Å². The SMILES string of the molecule is CCN(CC(=O)NC(C)C)C(=O)c1cc(F)ccc1O. The molecule has 0 atom stereocenters. The van der Waals surface area contributed by atoms with Crippen molar-refractivity contribution in [2.24, 2.45) is 0 Å². The molecule has 0 radical (unpaired) electrons. The number of amides is 2. The van der Waals surface area contributed by atoms with E-state index < -0.39 is 11.7 Å². The molecule has 110 valence electrons. The lowest BCUT2D eigenvalue weighted by Crippen LogP contribution is -2.42. The van der Waals surface area contributed by atoms with Crippen LogP contribution in [-0.2, 0) is 4.79 Å². The Morgan fingerprint density at radius 3 is 2.60 bits per heavy atom. The van der Waals surface area contributed by atoms with Gasteiger partial charge in [-0.25, -0.2) is 4.39 Å². The topological polar surface area (TPSA) is 69.6 Å². The largest absolute Gasteiger partial charge is 0.507 e. The molecule has 0 aliphatic rings. The van der Waals surface area contributed by atoms with Gasteiger partial charge in [0.2, 0.25) is 5.91 Å². The lowest BCUT2D eigenvalue weighted by Gasteiger charge is -2.21. The highest BCUT2D eigenvalue weighted by Crippen LogP contribution is 2.19. The Balaban J connectivity index is 2.86. The van der Waals surface area contributed by atoms with E-state index in [4.69, 9.17) is 0 Å². The predicted molar refractivity (Wildman–Crippen MR) is 72.9 cm³/mol. The van der Waals surface area contributed by atoms with Crippen molar-refractivity contribution in [1.82, 2.24) is 10.2 Å². The number of aromatic hydroxyl groups is 1. The molecule has 1 aromatic carbocycles. The first kappa shape index (κ1) is 15.9. The minimum Gasteiger partial charge on any atom is -0.507 e. The number of rotatable bonds is 5. The first-order valence-electron chi connectivity index (χ1n) is 6.42. The molecule has 0 saturated carbocycles. The lowest BCUT2D eigenvalue weighted by molar-refractivity contribution is -0.122. The van der Waals surface area contributed by atoms with Crippen molar-refractivity contribution in [1.29, 1.82) is 0 Å². The lowest BCUT2D eigenvalue weighted by atomic mass is 10.1. The molecule has 1 aromatic rings. The zero-order valence-electron chi connectivity index (χ0n) is 11.8. The number of halogens is 1. The molecule has 0 spiro atoms. The van der Waals surface area contributed by atoms with Crippen LogP contribution in [-0.4, -0.2) is 41.0 Å². The van der Waals surface area contributed by atoms with Crippen molar-refractivity contribution in [3.05, 3.63) is 29.6 Å². The molecule has 0 aromatic heterocycles. The molecule has 20 heavy (non-hydrogen) atoms. The van der Waals surface area contributed by atoms with E-state index in [0.717, 1.165) is 18.2 Å². The molecule has 0 saturated heterocycles. The highest BCUT2D eigenvalue weighted by molar-refractivity contribution is 5.98. The van der Waals surface area contributed by atoms with E-state index in [2.05, 4.69) is 5.32 Å². The third-order valence-electron chi connectivity index (χ3n) is 2.64. The van der Waals surface area contributed by atoms with Crippen LogP contribution in [0.15, 0.2) is 18.2 Å². The normalized spacial score (nSPS) is 10.4. The van der Waals surface area contributed by atoms with Gasteiger partial charge in [-0.2, -0.15) is 0 Å². The van der Waals surface area contributed by atoms with Crippen molar-refractivity contribution < 1.29 is 19.1 Å². The van der Waals surface area contributed by atoms with Gasteiger partial charge in [-0.05, 0) is 39.0 Å². The van der Waals surface area contributed by atoms with Crippen molar-refractivity contribution in [2.45, 2.75) is 26.8 Å². The molecule has 0 unspecified atom stereocenters. The van der Waals surface area contributed by atoms with E-state index in [9.17, 15) is 19.1 Å². The van der Waals surface area contributed by atoms with Crippen LogP contribution in [0.1, 0.15) is 31.1 Å². The van der Waals surface area contributed by atoms with E-state index in [1.54, 1.807) is 6.92 Å². The first-order chi connectivity index (χ1) is 9.35. The zero-order valence-corrected chi connectivity index (χ0v) is 11.8. The summed E-state index contributed by atoms with van der Waals surface area (Å²) in [7, 11) is 0. The molecule has 0 bridgehead atoms. The number of phenols is 1. The van der Waals surface area contributed by atoms with Gasteiger partial charge in [-0.3, -0.25) is 9.59 Å². The Morgan fingerprint density at radius 1 is 1.40 bits per heavy atom. The third kappa shape index (κ3) is 4.22. The van der Waals surface area contributed by atoms with Gasteiger partial charge in [-0.1, -0.05) is 0 Å². The van der Waals surface area contributed by atoms with E-state index in [1.807, 2.05) is 13.8 Å². The Hall–Kier alpha value is -2.11. The fraction of sp³-hybridized carbons (Fsp3) is 0.429. The predicted octanol–water partition coefficient (Wildman–Crippen LogP) is 1.52. The summed E-state index contributed by atoms with van der Waals surface area (Å²) in [5.41, 5.74) is -0.149. The summed E-state index contributed by atoms with van der Waals surface area (Å²) >= 11 is 0. The fourth-order valence-corrected chi connectivity index (χ4v) is 1.72. The van der Waals surface area contributed by atoms with Crippen LogP contribution in [0.25, 0.3) is 0 Å². The molecule has 0 heterocycles. The van der Waals surface area contributed by atoms with Crippen molar-refractivity contribution >= 4 is 11.8 Å². The zero-order chi connectivity index (χ0) is 15.3. The van der Waals surface area contributed by atoms with Gasteiger partial charge in [-0.15, -0.1) is 0 Å². The number of phenolic OH excluding ortho intramolecular Hbond substituents is 1. The number of carbonyl (C=O) groups is 2. The quantitative estimate of drug-likeness (QED) is 0.860. The van der Waals surface area contributed by atoms with Crippen LogP contribution < -0.4 is 5.32 Å². The Kier molecular flexibility index (Phi) is 5.49. The average Bonchev–Trinajstić information content (AvgIpc) is 2.37. The second kappa shape index (κ2) is 6.88. The Labute approximate surface area is 117 Å². The third-order valence-corrected chi connectivity index (χ3v) is 2.64. The highest BCUT2D eigenvalue weighted by Gasteiger charge is 2.20. The molecule has 5 nitrogen and oxygen atoms in total. The van der Waals surface area contributed by atoms with Crippen LogP contribution in [0.2, 0.25) is 0 Å². The van der Waals surface area contributed by atoms with E-state index in [1.165, 1.54) is 4.90 Å². The van der Waals surface area contributed by atoms with Crippen molar-refractivity contribution in [3.63, 3.8) is 0 Å². The number of hydrogen-bond donors (Lipinski definition) is 2. The smallest absolute Gasteiger partial charge is 0.258 e. The highest BCUT2D eigenvalue weighted by atomic mass is 19.1. The Bertz CT molecular complexity index is 503. The number of likely N-dealkylation sites (N-methyl/N-ethyl adjacent to an activating group) is 1. The molecule has 2 amide bonds. The molecular formula is C14H19FN2O3. The van der Waals surface area contributed by atoms with E-state index >= 15 is 0 Å². The number of benzene rings is 1. The monoisotopic (exact) mass is 282 g/mol. The van der Waals surface area contributed by atoms with Gasteiger partial charge in [0, 0.05) is 12.6 Å². The van der Waals surface area contributed by atoms with E-state index in [0.29, 0.717) is 0 Å². The maximum absolute atomic E-state index is 13.1. The number of nitrogens with zero attached hydrogens (tertiary/aromatic N) is 1. The van der Waals surface area contributed by atoms with Crippen LogP contribution in [0.5, 0.6) is 5.75 Å². The van der Waals surface area contributed by atoms with Crippen LogP contribution in [0.4, 0.5) is 4.39 Å². The van der Waals surface area contributed by atoms with Gasteiger partial charge in [0.1, 0.15) is 11.6 Å². The minimum absolute atomic E-state index is 0.0288. The van der Waals surface area contributed by atoms with Gasteiger partial charge in [0.25, 0.3) is 5.91 Å². The first-order valence-corrected chi connectivity index (χ1v) is 6.42. The second-order valence-corrected chi connectivity index (χ2v) is 4.70. The van der Waals surface area contributed by atoms with Gasteiger partial charge in [0.05, 0.1) is 12.1 Å². The molecule has 1 rings (SSSR count). The summed E-state index contributed by atoms with van der Waals surface area (Å²) in [5.74, 6) is -1.80. The fourth-order valence-electron chi connectivity index (χ4n) is 1.72. The summed E-state index contributed by atoms with van der Waals surface area (Å²) < 4.78 is 13.1. The number of carbonyl (C=O) groups excluding carboxylic acids is 2.